The van der Waals surface area contributed by atoms with Gasteiger partial charge in [0.15, 0.2) is 0 Å². The SMILES string of the molecule is Cc1sccc1CNc1ccc(N)cc1. The van der Waals surface area contributed by atoms with Gasteiger partial charge in [-0.3, -0.25) is 0 Å². The number of nitrogen functional groups attached to an aromatic ring is 1. The Balaban J connectivity index is 1.99. The lowest BCUT2D eigenvalue weighted by atomic mass is 10.2. The van der Waals surface area contributed by atoms with Gasteiger partial charge in [-0.25, -0.2) is 0 Å². The predicted molar refractivity (Wildman–Crippen MR) is 67.2 cm³/mol. The van der Waals surface area contributed by atoms with Crippen LogP contribution in [0.4, 0.5) is 11.4 Å². The molecule has 0 saturated carbocycles. The Morgan fingerprint density at radius 1 is 1.20 bits per heavy atom. The molecule has 78 valence electrons. The van der Waals surface area contributed by atoms with E-state index in [4.69, 9.17) is 5.73 Å². The largest absolute Gasteiger partial charge is 0.399 e. The first-order valence-electron chi connectivity index (χ1n) is 4.88. The highest BCUT2D eigenvalue weighted by Gasteiger charge is 1.98. The fourth-order valence-corrected chi connectivity index (χ4v) is 2.12. The maximum atomic E-state index is 5.62. The van der Waals surface area contributed by atoms with Crippen LogP contribution in [0.3, 0.4) is 0 Å². The van der Waals surface area contributed by atoms with Crippen molar-refractivity contribution >= 4 is 22.7 Å². The van der Waals surface area contributed by atoms with Crippen molar-refractivity contribution in [3.63, 3.8) is 0 Å². The van der Waals surface area contributed by atoms with Gasteiger partial charge in [0.05, 0.1) is 0 Å². The number of hydrogen-bond acceptors (Lipinski definition) is 3. The molecule has 1 aromatic carbocycles. The monoisotopic (exact) mass is 218 g/mol. The second-order valence-corrected chi connectivity index (χ2v) is 4.60. The number of nitrogens with two attached hydrogens (primary N) is 1. The number of rotatable bonds is 3. The molecule has 3 N–H and O–H groups in total. The summed E-state index contributed by atoms with van der Waals surface area (Å²) in [6.07, 6.45) is 0. The fourth-order valence-electron chi connectivity index (χ4n) is 1.39. The third-order valence-electron chi connectivity index (χ3n) is 2.36. The van der Waals surface area contributed by atoms with Crippen LogP contribution in [0.1, 0.15) is 10.4 Å². The molecule has 0 spiro atoms. The molecule has 2 rings (SSSR count). The van der Waals surface area contributed by atoms with Gasteiger partial charge >= 0.3 is 0 Å². The molecule has 2 nitrogen and oxygen atoms in total. The van der Waals surface area contributed by atoms with Crippen molar-refractivity contribution in [2.24, 2.45) is 0 Å². The maximum absolute atomic E-state index is 5.62. The molecule has 0 fully saturated rings. The zero-order valence-corrected chi connectivity index (χ0v) is 9.47. The quantitative estimate of drug-likeness (QED) is 0.776. The first-order chi connectivity index (χ1) is 7.25. The highest BCUT2D eigenvalue weighted by molar-refractivity contribution is 7.10. The topological polar surface area (TPSA) is 38.0 Å². The third kappa shape index (κ3) is 2.50. The van der Waals surface area contributed by atoms with Crippen molar-refractivity contribution in [2.75, 3.05) is 11.1 Å². The molecule has 0 unspecified atom stereocenters. The average molecular weight is 218 g/mol. The summed E-state index contributed by atoms with van der Waals surface area (Å²) in [6.45, 7) is 3.02. The highest BCUT2D eigenvalue weighted by Crippen LogP contribution is 2.17. The minimum atomic E-state index is 0.798. The van der Waals surface area contributed by atoms with Gasteiger partial charge < -0.3 is 11.1 Å². The summed E-state index contributed by atoms with van der Waals surface area (Å²) in [7, 11) is 0. The van der Waals surface area contributed by atoms with Gasteiger partial charge in [0, 0.05) is 22.8 Å². The van der Waals surface area contributed by atoms with Crippen molar-refractivity contribution in [1.82, 2.24) is 0 Å². The van der Waals surface area contributed by atoms with Crippen LogP contribution < -0.4 is 11.1 Å². The van der Waals surface area contributed by atoms with Crippen LogP contribution >= 0.6 is 11.3 Å². The molecule has 0 radical (unpaired) electrons. The van der Waals surface area contributed by atoms with Gasteiger partial charge in [-0.05, 0) is 48.2 Å². The summed E-state index contributed by atoms with van der Waals surface area (Å²) >= 11 is 1.78. The summed E-state index contributed by atoms with van der Waals surface area (Å²) in [5.74, 6) is 0. The van der Waals surface area contributed by atoms with Gasteiger partial charge in [-0.15, -0.1) is 11.3 Å². The lowest BCUT2D eigenvalue weighted by Gasteiger charge is -2.06. The molecule has 0 aliphatic carbocycles. The van der Waals surface area contributed by atoms with E-state index >= 15 is 0 Å². The second kappa shape index (κ2) is 4.36. The molecule has 1 heterocycles. The van der Waals surface area contributed by atoms with Crippen LogP contribution in [0.2, 0.25) is 0 Å². The van der Waals surface area contributed by atoms with Crippen LogP contribution in [0.15, 0.2) is 35.7 Å². The standard InChI is InChI=1S/C12H14N2S/c1-9-10(6-7-15-9)8-14-12-4-2-11(13)3-5-12/h2-7,14H,8,13H2,1H3. The van der Waals surface area contributed by atoms with Crippen LogP contribution in [0, 0.1) is 6.92 Å². The van der Waals surface area contributed by atoms with E-state index in [0.29, 0.717) is 0 Å². The Hall–Kier alpha value is -1.48. The van der Waals surface area contributed by atoms with E-state index in [9.17, 15) is 0 Å². The van der Waals surface area contributed by atoms with E-state index in [0.717, 1.165) is 17.9 Å². The molecular formula is C12H14N2S. The maximum Gasteiger partial charge on any atom is 0.0411 e. The smallest absolute Gasteiger partial charge is 0.0411 e. The molecule has 2 aromatic rings. The Kier molecular flexibility index (Phi) is 2.92. The molecule has 0 amide bonds. The molecule has 3 heteroatoms. The number of hydrogen-bond donors (Lipinski definition) is 2. The molecule has 0 aliphatic rings. The van der Waals surface area contributed by atoms with Gasteiger partial charge in [-0.1, -0.05) is 0 Å². The number of nitrogens with one attached hydrogen (secondary N) is 1. The Bertz CT molecular complexity index is 431. The minimum Gasteiger partial charge on any atom is -0.399 e. The molecule has 1 aromatic heterocycles. The number of anilines is 2. The summed E-state index contributed by atoms with van der Waals surface area (Å²) in [6, 6.07) is 9.96. The second-order valence-electron chi connectivity index (χ2n) is 3.48. The van der Waals surface area contributed by atoms with Crippen LogP contribution in [0.25, 0.3) is 0 Å². The zero-order chi connectivity index (χ0) is 10.7. The van der Waals surface area contributed by atoms with Crippen molar-refractivity contribution < 1.29 is 0 Å². The molecular weight excluding hydrogens is 204 g/mol. The van der Waals surface area contributed by atoms with Crippen LogP contribution in [0.5, 0.6) is 0 Å². The van der Waals surface area contributed by atoms with E-state index in [1.165, 1.54) is 10.4 Å². The first-order valence-corrected chi connectivity index (χ1v) is 5.76. The Morgan fingerprint density at radius 2 is 1.93 bits per heavy atom. The van der Waals surface area contributed by atoms with Crippen molar-refractivity contribution in [2.45, 2.75) is 13.5 Å². The normalized spacial score (nSPS) is 10.2. The molecule has 0 saturated heterocycles. The van der Waals surface area contributed by atoms with E-state index < -0.39 is 0 Å². The van der Waals surface area contributed by atoms with Gasteiger partial charge in [0.2, 0.25) is 0 Å². The lowest BCUT2D eigenvalue weighted by Crippen LogP contribution is -1.99. The van der Waals surface area contributed by atoms with E-state index in [1.807, 2.05) is 24.3 Å². The number of benzene rings is 1. The molecule has 0 aliphatic heterocycles. The summed E-state index contributed by atoms with van der Waals surface area (Å²) in [4.78, 5) is 1.37. The summed E-state index contributed by atoms with van der Waals surface area (Å²) in [5.41, 5.74) is 8.88. The van der Waals surface area contributed by atoms with Gasteiger partial charge in [0.25, 0.3) is 0 Å². The molecule has 0 atom stereocenters. The molecule has 15 heavy (non-hydrogen) atoms. The average Bonchev–Trinajstić information content (AvgIpc) is 2.63. The number of aryl methyl sites for hydroxylation is 1. The van der Waals surface area contributed by atoms with Gasteiger partial charge in [0.1, 0.15) is 0 Å². The summed E-state index contributed by atoms with van der Waals surface area (Å²) in [5, 5.41) is 5.49. The molecule has 0 bridgehead atoms. The third-order valence-corrected chi connectivity index (χ3v) is 3.25. The Labute approximate surface area is 93.7 Å². The minimum absolute atomic E-state index is 0.798. The highest BCUT2D eigenvalue weighted by atomic mass is 32.1. The van der Waals surface area contributed by atoms with Crippen molar-refractivity contribution in [3.8, 4) is 0 Å². The Morgan fingerprint density at radius 3 is 2.53 bits per heavy atom. The van der Waals surface area contributed by atoms with Crippen LogP contribution in [-0.2, 0) is 6.54 Å². The lowest BCUT2D eigenvalue weighted by molar-refractivity contribution is 1.14. The van der Waals surface area contributed by atoms with E-state index in [1.54, 1.807) is 11.3 Å². The predicted octanol–water partition coefficient (Wildman–Crippen LogP) is 3.25. The summed E-state index contributed by atoms with van der Waals surface area (Å²) < 4.78 is 0. The van der Waals surface area contributed by atoms with Gasteiger partial charge in [-0.2, -0.15) is 0 Å². The zero-order valence-electron chi connectivity index (χ0n) is 8.66. The van der Waals surface area contributed by atoms with E-state index in [2.05, 4.69) is 23.7 Å². The fraction of sp³-hybridized carbons (Fsp3) is 0.167. The number of thiophene rings is 1. The van der Waals surface area contributed by atoms with Crippen molar-refractivity contribution in [3.05, 3.63) is 46.2 Å². The van der Waals surface area contributed by atoms with Crippen molar-refractivity contribution in [1.29, 1.82) is 0 Å². The van der Waals surface area contributed by atoms with E-state index in [-0.39, 0.29) is 0 Å². The first kappa shape index (κ1) is 10.1. The van der Waals surface area contributed by atoms with Crippen LogP contribution in [-0.4, -0.2) is 0 Å².